The smallest absolute Gasteiger partial charge is 0.123 e. The maximum absolute atomic E-state index is 10.2. The van der Waals surface area contributed by atoms with E-state index in [1.165, 1.54) is 0 Å². The van der Waals surface area contributed by atoms with Crippen LogP contribution in [0.4, 0.5) is 0 Å². The molecule has 0 radical (unpaired) electrons. The van der Waals surface area contributed by atoms with Crippen LogP contribution in [0, 0.1) is 0 Å². The fourth-order valence-electron chi connectivity index (χ4n) is 1.66. The molecule has 1 aromatic rings. The first-order valence-corrected chi connectivity index (χ1v) is 5.36. The lowest BCUT2D eigenvalue weighted by Crippen LogP contribution is -2.13. The molecule has 0 saturated heterocycles. The second-order valence-electron chi connectivity index (χ2n) is 4.82. The van der Waals surface area contributed by atoms with E-state index in [1.807, 2.05) is 24.3 Å². The molecule has 0 heterocycles. The molecule has 0 atom stereocenters. The van der Waals surface area contributed by atoms with Crippen LogP contribution >= 0.6 is 0 Å². The average molecular weight is 204 g/mol. The van der Waals surface area contributed by atoms with Crippen LogP contribution in [-0.4, -0.2) is 5.11 Å². The Kier molecular flexibility index (Phi) is 3.23. The van der Waals surface area contributed by atoms with Gasteiger partial charge in [0.15, 0.2) is 0 Å². The quantitative estimate of drug-likeness (QED) is 0.738. The molecule has 0 aliphatic rings. The first-order valence-electron chi connectivity index (χ1n) is 5.36. The number of hydrogen-bond donors (Lipinski definition) is 1. The molecule has 0 aliphatic heterocycles. The SMILES string of the molecule is C=CC(C)(C)c1cccc(C(C)C)c1O. The minimum Gasteiger partial charge on any atom is -0.507 e. The van der Waals surface area contributed by atoms with Gasteiger partial charge < -0.3 is 5.11 Å². The number of benzene rings is 1. The third-order valence-corrected chi connectivity index (χ3v) is 2.89. The zero-order valence-corrected chi connectivity index (χ0v) is 10.0. The summed E-state index contributed by atoms with van der Waals surface area (Å²) in [6.45, 7) is 12.1. The monoisotopic (exact) mass is 204 g/mol. The highest BCUT2D eigenvalue weighted by atomic mass is 16.3. The van der Waals surface area contributed by atoms with Crippen molar-refractivity contribution in [1.82, 2.24) is 0 Å². The van der Waals surface area contributed by atoms with Crippen LogP contribution < -0.4 is 0 Å². The molecule has 0 bridgehead atoms. The van der Waals surface area contributed by atoms with E-state index in [0.29, 0.717) is 11.7 Å². The van der Waals surface area contributed by atoms with Gasteiger partial charge in [0, 0.05) is 11.0 Å². The van der Waals surface area contributed by atoms with E-state index >= 15 is 0 Å². The van der Waals surface area contributed by atoms with E-state index in [4.69, 9.17) is 0 Å². The zero-order valence-electron chi connectivity index (χ0n) is 10.0. The van der Waals surface area contributed by atoms with E-state index in [9.17, 15) is 5.11 Å². The van der Waals surface area contributed by atoms with Crippen molar-refractivity contribution >= 4 is 0 Å². The second kappa shape index (κ2) is 4.09. The summed E-state index contributed by atoms with van der Waals surface area (Å²) in [7, 11) is 0. The van der Waals surface area contributed by atoms with Crippen molar-refractivity contribution in [3.05, 3.63) is 42.0 Å². The fourth-order valence-corrected chi connectivity index (χ4v) is 1.66. The Morgan fingerprint density at radius 2 is 1.93 bits per heavy atom. The minimum absolute atomic E-state index is 0.186. The van der Waals surface area contributed by atoms with E-state index in [-0.39, 0.29) is 5.41 Å². The molecule has 0 aliphatic carbocycles. The molecule has 1 N–H and O–H groups in total. The van der Waals surface area contributed by atoms with Gasteiger partial charge >= 0.3 is 0 Å². The predicted molar refractivity (Wildman–Crippen MR) is 65.4 cm³/mol. The molecular formula is C14H20O. The largest absolute Gasteiger partial charge is 0.507 e. The van der Waals surface area contributed by atoms with Gasteiger partial charge in [0.25, 0.3) is 0 Å². The summed E-state index contributed by atoms with van der Waals surface area (Å²) in [6.07, 6.45) is 1.87. The van der Waals surface area contributed by atoms with E-state index in [2.05, 4.69) is 34.3 Å². The number of phenolic OH excluding ortho intramolecular Hbond substituents is 1. The zero-order chi connectivity index (χ0) is 11.6. The minimum atomic E-state index is -0.186. The summed E-state index contributed by atoms with van der Waals surface area (Å²) >= 11 is 0. The van der Waals surface area contributed by atoms with Crippen molar-refractivity contribution < 1.29 is 5.11 Å². The highest BCUT2D eigenvalue weighted by Crippen LogP contribution is 2.36. The molecule has 0 fully saturated rings. The number of phenols is 1. The van der Waals surface area contributed by atoms with Crippen LogP contribution in [0.1, 0.15) is 44.7 Å². The normalized spacial score (nSPS) is 11.8. The van der Waals surface area contributed by atoms with Crippen molar-refractivity contribution in [2.75, 3.05) is 0 Å². The molecule has 1 rings (SSSR count). The van der Waals surface area contributed by atoms with Crippen LogP contribution in [-0.2, 0) is 5.41 Å². The van der Waals surface area contributed by atoms with Crippen molar-refractivity contribution in [1.29, 1.82) is 0 Å². The van der Waals surface area contributed by atoms with Gasteiger partial charge in [-0.3, -0.25) is 0 Å². The van der Waals surface area contributed by atoms with Gasteiger partial charge in [-0.15, -0.1) is 6.58 Å². The lowest BCUT2D eigenvalue weighted by Gasteiger charge is -2.23. The Morgan fingerprint density at radius 3 is 2.40 bits per heavy atom. The van der Waals surface area contributed by atoms with Gasteiger partial charge in [-0.25, -0.2) is 0 Å². The Hall–Kier alpha value is -1.24. The number of aromatic hydroxyl groups is 1. The van der Waals surface area contributed by atoms with E-state index in [0.717, 1.165) is 11.1 Å². The van der Waals surface area contributed by atoms with Gasteiger partial charge in [0.1, 0.15) is 5.75 Å². The highest BCUT2D eigenvalue weighted by molar-refractivity contribution is 5.47. The predicted octanol–water partition coefficient (Wildman–Crippen LogP) is 3.98. The number of allylic oxidation sites excluding steroid dienone is 1. The van der Waals surface area contributed by atoms with Crippen molar-refractivity contribution in [3.8, 4) is 5.75 Å². The average Bonchev–Trinajstić information content (AvgIpc) is 2.17. The van der Waals surface area contributed by atoms with Gasteiger partial charge in [-0.05, 0) is 11.5 Å². The van der Waals surface area contributed by atoms with Gasteiger partial charge in [-0.2, -0.15) is 0 Å². The summed E-state index contributed by atoms with van der Waals surface area (Å²) in [5, 5.41) is 10.2. The van der Waals surface area contributed by atoms with Crippen molar-refractivity contribution in [3.63, 3.8) is 0 Å². The molecule has 0 spiro atoms. The van der Waals surface area contributed by atoms with Crippen LogP contribution in [0.15, 0.2) is 30.9 Å². The third kappa shape index (κ3) is 2.23. The standard InChI is InChI=1S/C14H20O/c1-6-14(4,5)12-9-7-8-11(10(2)3)13(12)15/h6-10,15H,1H2,2-5H3. The Morgan fingerprint density at radius 1 is 1.33 bits per heavy atom. The van der Waals surface area contributed by atoms with Gasteiger partial charge in [0.2, 0.25) is 0 Å². The molecule has 0 unspecified atom stereocenters. The maximum Gasteiger partial charge on any atom is 0.123 e. The van der Waals surface area contributed by atoms with Crippen LogP contribution in [0.3, 0.4) is 0 Å². The Labute approximate surface area is 92.5 Å². The van der Waals surface area contributed by atoms with E-state index < -0.39 is 0 Å². The summed E-state index contributed by atoms with van der Waals surface area (Å²) < 4.78 is 0. The first kappa shape index (κ1) is 11.8. The maximum atomic E-state index is 10.2. The lowest BCUT2D eigenvalue weighted by atomic mass is 9.82. The molecule has 1 heteroatoms. The Bertz CT molecular complexity index is 362. The third-order valence-electron chi connectivity index (χ3n) is 2.89. The molecule has 1 aromatic carbocycles. The number of para-hydroxylation sites is 1. The molecule has 0 saturated carbocycles. The molecule has 0 aromatic heterocycles. The molecule has 82 valence electrons. The highest BCUT2D eigenvalue weighted by Gasteiger charge is 2.22. The Balaban J connectivity index is 3.33. The first-order chi connectivity index (χ1) is 6.90. The van der Waals surface area contributed by atoms with Gasteiger partial charge in [-0.1, -0.05) is 52.0 Å². The fraction of sp³-hybridized carbons (Fsp3) is 0.429. The summed E-state index contributed by atoms with van der Waals surface area (Å²) in [4.78, 5) is 0. The van der Waals surface area contributed by atoms with Crippen LogP contribution in [0.5, 0.6) is 5.75 Å². The summed E-state index contributed by atoms with van der Waals surface area (Å²) in [5.74, 6) is 0.753. The van der Waals surface area contributed by atoms with Crippen LogP contribution in [0.2, 0.25) is 0 Å². The van der Waals surface area contributed by atoms with Crippen molar-refractivity contribution in [2.45, 2.75) is 39.0 Å². The topological polar surface area (TPSA) is 20.2 Å². The second-order valence-corrected chi connectivity index (χ2v) is 4.82. The van der Waals surface area contributed by atoms with Crippen molar-refractivity contribution in [2.24, 2.45) is 0 Å². The lowest BCUT2D eigenvalue weighted by molar-refractivity contribution is 0.445. The molecule has 0 amide bonds. The molecule has 15 heavy (non-hydrogen) atoms. The molecular weight excluding hydrogens is 184 g/mol. The van der Waals surface area contributed by atoms with E-state index in [1.54, 1.807) is 0 Å². The summed E-state index contributed by atoms with van der Waals surface area (Å²) in [5.41, 5.74) is 1.76. The van der Waals surface area contributed by atoms with Gasteiger partial charge in [0.05, 0.1) is 0 Å². The van der Waals surface area contributed by atoms with Crippen LogP contribution in [0.25, 0.3) is 0 Å². The molecule has 1 nitrogen and oxygen atoms in total. The summed E-state index contributed by atoms with van der Waals surface area (Å²) in [6, 6.07) is 5.93. The number of hydrogen-bond acceptors (Lipinski definition) is 1. The number of rotatable bonds is 3.